The molecule has 136 valence electrons. The van der Waals surface area contributed by atoms with Gasteiger partial charge >= 0.3 is 0 Å². The molecule has 0 bridgehead atoms. The van der Waals surface area contributed by atoms with Gasteiger partial charge in [0.1, 0.15) is 5.75 Å². The van der Waals surface area contributed by atoms with Crippen LogP contribution in [0, 0.1) is 6.92 Å². The summed E-state index contributed by atoms with van der Waals surface area (Å²) >= 11 is 0. The third kappa shape index (κ3) is 4.61. The molecule has 0 saturated heterocycles. The molecule has 3 aromatic carbocycles. The molecule has 27 heavy (non-hydrogen) atoms. The number of ketones is 1. The Balaban J connectivity index is 1.78. The molecule has 3 rings (SSSR count). The molecule has 0 aliphatic heterocycles. The predicted molar refractivity (Wildman–Crippen MR) is 107 cm³/mol. The monoisotopic (exact) mass is 359 g/mol. The van der Waals surface area contributed by atoms with E-state index < -0.39 is 0 Å². The highest BCUT2D eigenvalue weighted by atomic mass is 16.5. The number of Topliss-reactive ketones (excluding diaryl/α,β-unsaturated/α-hetero) is 1. The summed E-state index contributed by atoms with van der Waals surface area (Å²) in [5.74, 6) is 0.375. The Hall–Kier alpha value is -3.40. The van der Waals surface area contributed by atoms with Gasteiger partial charge in [0.15, 0.2) is 5.78 Å². The van der Waals surface area contributed by atoms with Crippen LogP contribution < -0.4 is 10.1 Å². The molecule has 1 N–H and O–H groups in total. The number of anilines is 1. The molecule has 0 aromatic heterocycles. The van der Waals surface area contributed by atoms with Crippen LogP contribution in [0.15, 0.2) is 72.8 Å². The van der Waals surface area contributed by atoms with E-state index in [0.717, 1.165) is 11.1 Å². The summed E-state index contributed by atoms with van der Waals surface area (Å²) in [6, 6.07) is 21.8. The standard InChI is InChI=1S/C23H21NO3/c1-16-6-5-7-17(14-16)15-22(25)20-8-3-4-9-21(20)24-23(26)18-10-12-19(27-2)13-11-18/h3-14H,15H2,1-2H3,(H,24,26). The highest BCUT2D eigenvalue weighted by Gasteiger charge is 2.14. The van der Waals surface area contributed by atoms with E-state index in [1.807, 2.05) is 31.2 Å². The van der Waals surface area contributed by atoms with Gasteiger partial charge < -0.3 is 10.1 Å². The maximum Gasteiger partial charge on any atom is 0.255 e. The zero-order chi connectivity index (χ0) is 19.2. The third-order valence-electron chi connectivity index (χ3n) is 4.28. The SMILES string of the molecule is COc1ccc(C(=O)Nc2ccccc2C(=O)Cc2cccc(C)c2)cc1. The topological polar surface area (TPSA) is 55.4 Å². The van der Waals surface area contributed by atoms with Crippen molar-refractivity contribution in [2.75, 3.05) is 12.4 Å². The van der Waals surface area contributed by atoms with Crippen LogP contribution in [-0.2, 0) is 6.42 Å². The number of hydrogen-bond acceptors (Lipinski definition) is 3. The smallest absolute Gasteiger partial charge is 0.255 e. The third-order valence-corrected chi connectivity index (χ3v) is 4.28. The van der Waals surface area contributed by atoms with Gasteiger partial charge in [-0.3, -0.25) is 9.59 Å². The van der Waals surface area contributed by atoms with Crippen LogP contribution in [0.3, 0.4) is 0 Å². The first kappa shape index (κ1) is 18.4. The quantitative estimate of drug-likeness (QED) is 0.650. The molecule has 4 heteroatoms. The van der Waals surface area contributed by atoms with E-state index >= 15 is 0 Å². The van der Waals surface area contributed by atoms with Crippen LogP contribution >= 0.6 is 0 Å². The highest BCUT2D eigenvalue weighted by Crippen LogP contribution is 2.20. The molecule has 3 aromatic rings. The lowest BCUT2D eigenvalue weighted by Crippen LogP contribution is -2.15. The van der Waals surface area contributed by atoms with Gasteiger partial charge in [-0.05, 0) is 48.9 Å². The van der Waals surface area contributed by atoms with E-state index in [-0.39, 0.29) is 18.1 Å². The second-order valence-electron chi connectivity index (χ2n) is 6.32. The maximum absolute atomic E-state index is 12.8. The normalized spacial score (nSPS) is 10.3. The van der Waals surface area contributed by atoms with Crippen LogP contribution in [0.1, 0.15) is 31.8 Å². The number of aryl methyl sites for hydroxylation is 1. The molecule has 0 unspecified atom stereocenters. The summed E-state index contributed by atoms with van der Waals surface area (Å²) in [5, 5.41) is 2.84. The number of para-hydroxylation sites is 1. The summed E-state index contributed by atoms with van der Waals surface area (Å²) in [5.41, 5.74) is 3.58. The van der Waals surface area contributed by atoms with Crippen molar-refractivity contribution in [1.29, 1.82) is 0 Å². The number of amides is 1. The first-order valence-electron chi connectivity index (χ1n) is 8.70. The van der Waals surface area contributed by atoms with Gasteiger partial charge in [-0.15, -0.1) is 0 Å². The minimum atomic E-state index is -0.270. The molecule has 0 fully saturated rings. The van der Waals surface area contributed by atoms with Crippen molar-refractivity contribution in [2.45, 2.75) is 13.3 Å². The summed E-state index contributed by atoms with van der Waals surface area (Å²) in [4.78, 5) is 25.3. The van der Waals surface area contributed by atoms with Crippen LogP contribution in [0.5, 0.6) is 5.75 Å². The molecule has 0 atom stereocenters. The second kappa shape index (κ2) is 8.32. The van der Waals surface area contributed by atoms with Crippen LogP contribution in [0.25, 0.3) is 0 Å². The number of hydrogen-bond donors (Lipinski definition) is 1. The number of ether oxygens (including phenoxy) is 1. The fourth-order valence-corrected chi connectivity index (χ4v) is 2.87. The Morgan fingerprint density at radius 3 is 2.37 bits per heavy atom. The van der Waals surface area contributed by atoms with Gasteiger partial charge in [-0.1, -0.05) is 42.0 Å². The molecular formula is C23H21NO3. The van der Waals surface area contributed by atoms with Crippen molar-refractivity contribution < 1.29 is 14.3 Å². The van der Waals surface area contributed by atoms with Crippen molar-refractivity contribution in [3.63, 3.8) is 0 Å². The van der Waals surface area contributed by atoms with E-state index in [1.54, 1.807) is 55.6 Å². The lowest BCUT2D eigenvalue weighted by atomic mass is 10.00. The molecule has 1 amide bonds. The average molecular weight is 359 g/mol. The Morgan fingerprint density at radius 2 is 1.67 bits per heavy atom. The molecule has 0 aliphatic rings. The molecule has 0 spiro atoms. The first-order chi connectivity index (χ1) is 13.1. The lowest BCUT2D eigenvalue weighted by Gasteiger charge is -2.11. The fourth-order valence-electron chi connectivity index (χ4n) is 2.87. The van der Waals surface area contributed by atoms with Gasteiger partial charge in [-0.25, -0.2) is 0 Å². The van der Waals surface area contributed by atoms with Crippen molar-refractivity contribution in [1.82, 2.24) is 0 Å². The van der Waals surface area contributed by atoms with Crippen molar-refractivity contribution in [3.05, 3.63) is 95.1 Å². The number of benzene rings is 3. The summed E-state index contributed by atoms with van der Waals surface area (Å²) in [6.07, 6.45) is 0.289. The van der Waals surface area contributed by atoms with E-state index in [1.165, 1.54) is 0 Å². The van der Waals surface area contributed by atoms with Crippen molar-refractivity contribution in [3.8, 4) is 5.75 Å². The molecule has 0 radical (unpaired) electrons. The van der Waals surface area contributed by atoms with Gasteiger partial charge in [-0.2, -0.15) is 0 Å². The zero-order valence-corrected chi connectivity index (χ0v) is 15.4. The van der Waals surface area contributed by atoms with E-state index in [0.29, 0.717) is 22.6 Å². The van der Waals surface area contributed by atoms with E-state index in [4.69, 9.17) is 4.74 Å². The summed E-state index contributed by atoms with van der Waals surface area (Å²) < 4.78 is 5.11. The minimum Gasteiger partial charge on any atom is -0.497 e. The Labute approximate surface area is 158 Å². The Kier molecular flexibility index (Phi) is 5.67. The van der Waals surface area contributed by atoms with E-state index in [9.17, 15) is 9.59 Å². The zero-order valence-electron chi connectivity index (χ0n) is 15.4. The highest BCUT2D eigenvalue weighted by molar-refractivity contribution is 6.09. The average Bonchev–Trinajstić information content (AvgIpc) is 2.68. The number of carbonyl (C=O) groups is 2. The molecule has 4 nitrogen and oxygen atoms in total. The minimum absolute atomic E-state index is 0.0359. The lowest BCUT2D eigenvalue weighted by molar-refractivity contribution is 0.0994. The van der Waals surface area contributed by atoms with Crippen molar-refractivity contribution >= 4 is 17.4 Å². The van der Waals surface area contributed by atoms with Crippen LogP contribution in [0.4, 0.5) is 5.69 Å². The second-order valence-corrected chi connectivity index (χ2v) is 6.32. The first-order valence-corrected chi connectivity index (χ1v) is 8.70. The van der Waals surface area contributed by atoms with E-state index in [2.05, 4.69) is 5.32 Å². The van der Waals surface area contributed by atoms with Gasteiger partial charge in [0.2, 0.25) is 0 Å². The number of carbonyl (C=O) groups excluding carboxylic acids is 2. The van der Waals surface area contributed by atoms with Gasteiger partial charge in [0.05, 0.1) is 12.8 Å². The largest absolute Gasteiger partial charge is 0.497 e. The van der Waals surface area contributed by atoms with Gasteiger partial charge in [0, 0.05) is 17.5 Å². The maximum atomic E-state index is 12.8. The summed E-state index contributed by atoms with van der Waals surface area (Å²) in [6.45, 7) is 2.00. The number of methoxy groups -OCH3 is 1. The van der Waals surface area contributed by atoms with Crippen LogP contribution in [-0.4, -0.2) is 18.8 Å². The van der Waals surface area contributed by atoms with Gasteiger partial charge in [0.25, 0.3) is 5.91 Å². The molecule has 0 heterocycles. The fraction of sp³-hybridized carbons (Fsp3) is 0.130. The number of nitrogens with one attached hydrogen (secondary N) is 1. The van der Waals surface area contributed by atoms with Crippen molar-refractivity contribution in [2.24, 2.45) is 0 Å². The number of rotatable bonds is 6. The predicted octanol–water partition coefficient (Wildman–Crippen LogP) is 4.68. The molecule has 0 aliphatic carbocycles. The summed E-state index contributed by atoms with van der Waals surface area (Å²) in [7, 11) is 1.57. The van der Waals surface area contributed by atoms with Crippen LogP contribution in [0.2, 0.25) is 0 Å². The Bertz CT molecular complexity index is 961. The Morgan fingerprint density at radius 1 is 0.926 bits per heavy atom. The molecular weight excluding hydrogens is 338 g/mol. The molecule has 0 saturated carbocycles.